The normalized spacial score (nSPS) is 20.2. The highest BCUT2D eigenvalue weighted by Gasteiger charge is 2.43. The summed E-state index contributed by atoms with van der Waals surface area (Å²) in [5.74, 6) is 3.26. The van der Waals surface area contributed by atoms with Gasteiger partial charge in [-0.05, 0) is 37.7 Å². The molecule has 3 aliphatic carbocycles. The van der Waals surface area contributed by atoms with Gasteiger partial charge in [0.2, 0.25) is 0 Å². The first-order chi connectivity index (χ1) is 14.2. The van der Waals surface area contributed by atoms with Crippen LogP contribution in [0.25, 0.3) is 11.3 Å². The maximum atomic E-state index is 13.9. The molecule has 0 aliphatic heterocycles. The lowest BCUT2D eigenvalue weighted by Gasteiger charge is -2.37. The van der Waals surface area contributed by atoms with Gasteiger partial charge in [-0.1, -0.05) is 74.1 Å². The van der Waals surface area contributed by atoms with Crippen LogP contribution in [0.3, 0.4) is 0 Å². The molecule has 150 valence electrons. The van der Waals surface area contributed by atoms with Crippen LogP contribution in [0.1, 0.15) is 75.0 Å². The van der Waals surface area contributed by atoms with Crippen molar-refractivity contribution >= 4 is 11.8 Å². The van der Waals surface area contributed by atoms with E-state index in [1.54, 1.807) is 11.8 Å². The summed E-state index contributed by atoms with van der Waals surface area (Å²) in [7, 11) is 0. The third-order valence-corrected chi connectivity index (χ3v) is 8.09. The van der Waals surface area contributed by atoms with Gasteiger partial charge < -0.3 is 0 Å². The molecular formula is C25H28N2OS. The highest BCUT2D eigenvalue weighted by molar-refractivity contribution is 7.99. The SMILES string of the molecule is C#CCSc1nc2c(c(=O)n1C1CCCCC1)CC1(CCCC1)c1ccccc1-2. The van der Waals surface area contributed by atoms with E-state index in [4.69, 9.17) is 11.4 Å². The summed E-state index contributed by atoms with van der Waals surface area (Å²) in [4.78, 5) is 19.0. The second kappa shape index (κ2) is 7.69. The van der Waals surface area contributed by atoms with Crippen LogP contribution in [0.5, 0.6) is 0 Å². The van der Waals surface area contributed by atoms with Gasteiger partial charge >= 0.3 is 0 Å². The van der Waals surface area contributed by atoms with Crippen molar-refractivity contribution < 1.29 is 0 Å². The molecule has 0 saturated heterocycles. The average molecular weight is 405 g/mol. The third-order valence-electron chi connectivity index (χ3n) is 7.23. The summed E-state index contributed by atoms with van der Waals surface area (Å²) in [5.41, 5.74) is 4.76. The van der Waals surface area contributed by atoms with E-state index < -0.39 is 0 Å². The van der Waals surface area contributed by atoms with Crippen molar-refractivity contribution in [2.24, 2.45) is 0 Å². The molecule has 1 spiro atoms. The van der Waals surface area contributed by atoms with E-state index in [2.05, 4.69) is 30.2 Å². The highest BCUT2D eigenvalue weighted by Crippen LogP contribution is 2.50. The Morgan fingerprint density at radius 1 is 1.14 bits per heavy atom. The minimum atomic E-state index is 0.127. The molecule has 3 aliphatic rings. The first-order valence-electron chi connectivity index (χ1n) is 11.0. The number of thioether (sulfide) groups is 1. The van der Waals surface area contributed by atoms with Crippen LogP contribution in [0, 0.1) is 12.3 Å². The fourth-order valence-electron chi connectivity index (χ4n) is 5.89. The summed E-state index contributed by atoms with van der Waals surface area (Å²) >= 11 is 1.54. The predicted octanol–water partition coefficient (Wildman–Crippen LogP) is 5.51. The minimum absolute atomic E-state index is 0.127. The third kappa shape index (κ3) is 3.15. The van der Waals surface area contributed by atoms with Crippen molar-refractivity contribution in [3.8, 4) is 23.6 Å². The monoisotopic (exact) mass is 404 g/mol. The van der Waals surface area contributed by atoms with Gasteiger partial charge in [0.05, 0.1) is 11.4 Å². The zero-order chi connectivity index (χ0) is 19.8. The highest BCUT2D eigenvalue weighted by atomic mass is 32.2. The zero-order valence-electron chi connectivity index (χ0n) is 17.0. The molecule has 0 amide bonds. The van der Waals surface area contributed by atoms with Crippen LogP contribution in [-0.4, -0.2) is 15.3 Å². The number of terminal acetylenes is 1. The van der Waals surface area contributed by atoms with Crippen LogP contribution in [0.2, 0.25) is 0 Å². The Balaban J connectivity index is 1.72. The smallest absolute Gasteiger partial charge is 0.258 e. The molecule has 5 rings (SSSR count). The van der Waals surface area contributed by atoms with E-state index in [1.165, 1.54) is 56.1 Å². The van der Waals surface area contributed by atoms with Gasteiger partial charge in [0, 0.05) is 22.6 Å². The number of rotatable bonds is 3. The fourth-order valence-corrected chi connectivity index (χ4v) is 6.62. The number of fused-ring (bicyclic) bond motifs is 4. The first-order valence-corrected chi connectivity index (χ1v) is 12.0. The molecule has 29 heavy (non-hydrogen) atoms. The van der Waals surface area contributed by atoms with Crippen LogP contribution >= 0.6 is 11.8 Å². The van der Waals surface area contributed by atoms with Gasteiger partial charge in [-0.2, -0.15) is 0 Å². The predicted molar refractivity (Wildman–Crippen MR) is 119 cm³/mol. The number of hydrogen-bond donors (Lipinski definition) is 0. The quantitative estimate of drug-likeness (QED) is 0.384. The molecule has 4 heteroatoms. The summed E-state index contributed by atoms with van der Waals surface area (Å²) in [6.07, 6.45) is 17.1. The second-order valence-electron chi connectivity index (χ2n) is 8.89. The van der Waals surface area contributed by atoms with Gasteiger partial charge in [0.25, 0.3) is 5.56 Å². The molecule has 0 radical (unpaired) electrons. The van der Waals surface area contributed by atoms with Gasteiger partial charge in [-0.15, -0.1) is 6.42 Å². The molecule has 0 bridgehead atoms. The molecule has 1 aromatic heterocycles. The number of hydrogen-bond acceptors (Lipinski definition) is 3. The molecule has 2 fully saturated rings. The van der Waals surface area contributed by atoms with Gasteiger partial charge in [0.1, 0.15) is 0 Å². The van der Waals surface area contributed by atoms with Crippen molar-refractivity contribution in [1.82, 2.24) is 9.55 Å². The van der Waals surface area contributed by atoms with Crippen LogP contribution in [0.15, 0.2) is 34.2 Å². The molecule has 0 N–H and O–H groups in total. The molecule has 0 atom stereocenters. The fraction of sp³-hybridized carbons (Fsp3) is 0.520. The summed E-state index contributed by atoms with van der Waals surface area (Å²) in [5, 5.41) is 0.816. The standard InChI is InChI=1S/C25H28N2OS/c1-2-16-29-24-26-22-19-12-6-7-13-21(19)25(14-8-9-15-25)17-20(22)23(28)27(24)18-10-4-3-5-11-18/h1,6-7,12-13,18H,3-5,8-11,14-17H2. The van der Waals surface area contributed by atoms with Crippen LogP contribution in [-0.2, 0) is 11.8 Å². The van der Waals surface area contributed by atoms with Crippen LogP contribution < -0.4 is 5.56 Å². The molecule has 1 heterocycles. The van der Waals surface area contributed by atoms with Crippen molar-refractivity contribution in [3.63, 3.8) is 0 Å². The maximum Gasteiger partial charge on any atom is 0.258 e. The second-order valence-corrected chi connectivity index (χ2v) is 9.83. The van der Waals surface area contributed by atoms with E-state index in [0.717, 1.165) is 35.7 Å². The lowest BCUT2D eigenvalue weighted by atomic mass is 9.68. The molecular weight excluding hydrogens is 376 g/mol. The van der Waals surface area contributed by atoms with Crippen LogP contribution in [0.4, 0.5) is 0 Å². The van der Waals surface area contributed by atoms with E-state index in [9.17, 15) is 4.79 Å². The van der Waals surface area contributed by atoms with E-state index >= 15 is 0 Å². The Hall–Kier alpha value is -1.99. The van der Waals surface area contributed by atoms with Crippen molar-refractivity contribution in [2.45, 2.75) is 80.8 Å². The summed E-state index contributed by atoms with van der Waals surface area (Å²) < 4.78 is 2.02. The molecule has 2 aromatic rings. The lowest BCUT2D eigenvalue weighted by Crippen LogP contribution is -2.38. The molecule has 2 saturated carbocycles. The number of aromatic nitrogens is 2. The average Bonchev–Trinajstić information content (AvgIpc) is 3.23. The van der Waals surface area contributed by atoms with Crippen molar-refractivity contribution in [2.75, 3.05) is 5.75 Å². The number of benzene rings is 1. The van der Waals surface area contributed by atoms with Crippen molar-refractivity contribution in [1.29, 1.82) is 0 Å². The van der Waals surface area contributed by atoms with E-state index in [-0.39, 0.29) is 17.0 Å². The first kappa shape index (κ1) is 19.0. The number of nitrogens with zero attached hydrogens (tertiary/aromatic N) is 2. The Bertz CT molecular complexity index is 1020. The van der Waals surface area contributed by atoms with Gasteiger partial charge in [-0.25, -0.2) is 4.98 Å². The Kier molecular flexibility index (Phi) is 5.04. The summed E-state index contributed by atoms with van der Waals surface area (Å²) in [6, 6.07) is 8.93. The zero-order valence-corrected chi connectivity index (χ0v) is 17.8. The van der Waals surface area contributed by atoms with Gasteiger partial charge in [-0.3, -0.25) is 9.36 Å². The van der Waals surface area contributed by atoms with Gasteiger partial charge in [0.15, 0.2) is 5.16 Å². The molecule has 0 unspecified atom stereocenters. The lowest BCUT2D eigenvalue weighted by molar-refractivity contribution is 0.320. The largest absolute Gasteiger partial charge is 0.284 e. The maximum absolute atomic E-state index is 13.9. The molecule has 1 aromatic carbocycles. The Labute approximate surface area is 177 Å². The van der Waals surface area contributed by atoms with E-state index in [1.807, 2.05) is 4.57 Å². The van der Waals surface area contributed by atoms with E-state index in [0.29, 0.717) is 5.75 Å². The van der Waals surface area contributed by atoms with Crippen molar-refractivity contribution in [3.05, 3.63) is 45.7 Å². The summed E-state index contributed by atoms with van der Waals surface area (Å²) in [6.45, 7) is 0. The topological polar surface area (TPSA) is 34.9 Å². The Morgan fingerprint density at radius 3 is 2.66 bits per heavy atom. The molecule has 3 nitrogen and oxygen atoms in total. The Morgan fingerprint density at radius 2 is 1.90 bits per heavy atom. The minimum Gasteiger partial charge on any atom is -0.284 e.